The number of hydrogen-bond acceptors (Lipinski definition) is 20. The molecule has 2 aliphatic rings. The Kier molecular flexibility index (Phi) is 12.9. The third kappa shape index (κ3) is 9.53. The lowest BCUT2D eigenvalue weighted by molar-refractivity contribution is -0.767. The van der Waals surface area contributed by atoms with Crippen molar-refractivity contribution < 1.29 is 85.9 Å². The zero-order valence-corrected chi connectivity index (χ0v) is 28.3. The minimum Gasteiger partial charge on any atom is -0.387 e. The van der Waals surface area contributed by atoms with Crippen LogP contribution in [0.25, 0.3) is 11.2 Å². The smallest absolute Gasteiger partial charge is 0.387 e. The molecule has 0 spiro atoms. The number of phosphoric ester groups is 2. The fourth-order valence-electron chi connectivity index (χ4n) is 4.93. The van der Waals surface area contributed by atoms with Gasteiger partial charge in [-0.1, -0.05) is 0 Å². The van der Waals surface area contributed by atoms with Gasteiger partial charge in [0.05, 0.1) is 44.9 Å². The summed E-state index contributed by atoms with van der Waals surface area (Å²) < 4.78 is 57.7. The molecule has 5 rings (SSSR count). The second-order valence-corrected chi connectivity index (χ2v) is 13.9. The molecule has 2 saturated heterocycles. The molecule has 9 N–H and O–H groups in total. The summed E-state index contributed by atoms with van der Waals surface area (Å²) in [6, 6.07) is 2.94. The summed E-state index contributed by atoms with van der Waals surface area (Å²) in [7, 11) is -11.0. The first kappa shape index (κ1) is 39.2. The van der Waals surface area contributed by atoms with E-state index < -0.39 is 71.5 Å². The Hall–Kier alpha value is -2.97. The molecule has 26 heteroatoms. The number of rotatable bonds is 18. The zero-order valence-electron chi connectivity index (χ0n) is 26.5. The van der Waals surface area contributed by atoms with E-state index in [1.54, 1.807) is 0 Å². The first-order valence-corrected chi connectivity index (χ1v) is 17.9. The molecule has 10 atom stereocenters. The predicted molar refractivity (Wildman–Crippen MR) is 162 cm³/mol. The van der Waals surface area contributed by atoms with Gasteiger partial charge in [0.1, 0.15) is 30.7 Å². The van der Waals surface area contributed by atoms with Crippen LogP contribution in [0.3, 0.4) is 0 Å². The Balaban J connectivity index is 1.16. The van der Waals surface area contributed by atoms with Gasteiger partial charge >= 0.3 is 15.6 Å². The number of nitrogens with zero attached hydrogens (tertiary/aromatic N) is 5. The molecule has 24 nitrogen and oxygen atoms in total. The van der Waals surface area contributed by atoms with Crippen LogP contribution in [-0.2, 0) is 46.4 Å². The van der Waals surface area contributed by atoms with Crippen molar-refractivity contribution in [2.45, 2.75) is 56.2 Å². The van der Waals surface area contributed by atoms with Crippen LogP contribution in [0.15, 0.2) is 37.2 Å². The minimum absolute atomic E-state index is 0.114. The molecular formula is C25H36N7O17P2+. The average molecular weight is 769 g/mol. The van der Waals surface area contributed by atoms with Gasteiger partial charge in [-0.2, -0.15) is 8.88 Å². The van der Waals surface area contributed by atoms with Crippen LogP contribution in [0.2, 0.25) is 0 Å². The van der Waals surface area contributed by atoms with E-state index in [-0.39, 0.29) is 54.8 Å². The van der Waals surface area contributed by atoms with E-state index in [4.69, 9.17) is 34.0 Å². The fraction of sp³-hybridized carbons (Fsp3) is 0.560. The Morgan fingerprint density at radius 2 is 1.78 bits per heavy atom. The molecule has 0 saturated carbocycles. The predicted octanol–water partition coefficient (Wildman–Crippen LogP) is -2.29. The highest BCUT2D eigenvalue weighted by atomic mass is 31.3. The Morgan fingerprint density at radius 1 is 1.02 bits per heavy atom. The monoisotopic (exact) mass is 768 g/mol. The lowest BCUT2D eigenvalue weighted by atomic mass is 10.1. The van der Waals surface area contributed by atoms with Crippen molar-refractivity contribution in [3.8, 4) is 0 Å². The quantitative estimate of drug-likeness (QED) is 0.0222. The number of pyridine rings is 1. The number of ketones is 1. The summed E-state index contributed by atoms with van der Waals surface area (Å²) >= 11 is 0. The van der Waals surface area contributed by atoms with Gasteiger partial charge in [-0.15, -0.1) is 0 Å². The summed E-state index contributed by atoms with van der Waals surface area (Å²) in [6.07, 6.45) is -8.24. The highest BCUT2D eigenvalue weighted by Gasteiger charge is 2.53. The highest BCUT2D eigenvalue weighted by Crippen LogP contribution is 2.61. The molecule has 0 bridgehead atoms. The molecule has 282 valence electrons. The van der Waals surface area contributed by atoms with E-state index in [0.29, 0.717) is 0 Å². The molecule has 5 heterocycles. The van der Waals surface area contributed by atoms with Gasteiger partial charge in [0, 0.05) is 6.07 Å². The van der Waals surface area contributed by atoms with Gasteiger partial charge < -0.3 is 44.5 Å². The van der Waals surface area contributed by atoms with Crippen LogP contribution in [0.4, 0.5) is 5.82 Å². The summed E-state index contributed by atoms with van der Waals surface area (Å²) in [6.45, 7) is 1.14. The number of aliphatic hydroxyl groups is 4. The number of carbonyl (C=O) groups excluding carboxylic acids is 1. The van der Waals surface area contributed by atoms with Gasteiger partial charge in [0.2, 0.25) is 6.29 Å². The van der Waals surface area contributed by atoms with Crippen molar-refractivity contribution in [1.82, 2.24) is 19.5 Å². The number of nitrogens with two attached hydrogens (primary N) is 1. The molecule has 0 aliphatic carbocycles. The van der Waals surface area contributed by atoms with Crippen LogP contribution in [0, 0.1) is 0 Å². The summed E-state index contributed by atoms with van der Waals surface area (Å²) in [5, 5.41) is 42.1. The second-order valence-electron chi connectivity index (χ2n) is 10.9. The Morgan fingerprint density at radius 3 is 2.53 bits per heavy atom. The van der Waals surface area contributed by atoms with Crippen molar-refractivity contribution >= 4 is 38.4 Å². The SMILES string of the molecule is CC(=O)c1ccc[n+]([C@H]2O[C@@H](OP(=O)(O)OP(=O)(O)OC[C@H]3O[C@@H](n4cnc5c(NOCCOCCON)ncnc54)C(O)C3O)C(O)C2O)c1. The van der Waals surface area contributed by atoms with Gasteiger partial charge in [-0.25, -0.2) is 35.5 Å². The molecule has 51 heavy (non-hydrogen) atoms. The van der Waals surface area contributed by atoms with Crippen LogP contribution in [0.1, 0.15) is 29.7 Å². The summed E-state index contributed by atoms with van der Waals surface area (Å²) in [5.74, 6) is 4.74. The number of nitrogens with one attached hydrogen (secondary N) is 1. The van der Waals surface area contributed by atoms with Crippen molar-refractivity contribution in [2.24, 2.45) is 5.90 Å². The minimum atomic E-state index is -5.57. The van der Waals surface area contributed by atoms with E-state index in [1.807, 2.05) is 0 Å². The Labute approximate surface area is 287 Å². The Bertz CT molecular complexity index is 1750. The number of aliphatic hydroxyl groups excluding tert-OH is 4. The number of imidazole rings is 1. The lowest BCUT2D eigenvalue weighted by Gasteiger charge is -2.21. The molecule has 0 amide bonds. The zero-order chi connectivity index (χ0) is 36.9. The van der Waals surface area contributed by atoms with Crippen LogP contribution >= 0.6 is 15.6 Å². The van der Waals surface area contributed by atoms with E-state index >= 15 is 0 Å². The summed E-state index contributed by atoms with van der Waals surface area (Å²) in [5.41, 5.74) is 3.15. The molecule has 6 unspecified atom stereocenters. The van der Waals surface area contributed by atoms with E-state index in [2.05, 4.69) is 29.6 Å². The standard InChI is InChI=1S/C25H35N7O17P2/c1-13(33)14-3-2-4-31(9-14)23-19(36)20(37)25(47-23)48-51(40,41)49-50(38,39)45-10-15-17(34)18(35)24(46-15)32-12-29-16-21(27-11-28-22(16)32)30-44-8-6-42-5-7-43-26/h2-4,9,11-12,15,17-20,23-25,34-37H,5-8,10,26H2,1H3,(H2-,27,28,30,38,39,40,41)/p+1/t15-,17?,18?,19?,20?,23+,24-,25+/m1/s1. The number of ether oxygens (including phenoxy) is 3. The third-order valence-electron chi connectivity index (χ3n) is 7.38. The van der Waals surface area contributed by atoms with Crippen LogP contribution in [-0.4, -0.2) is 125 Å². The van der Waals surface area contributed by atoms with Gasteiger partial charge in [0.15, 0.2) is 47.5 Å². The van der Waals surface area contributed by atoms with Gasteiger partial charge in [-0.3, -0.25) is 28.0 Å². The first-order valence-electron chi connectivity index (χ1n) is 14.9. The molecule has 0 aromatic carbocycles. The maximum absolute atomic E-state index is 12.6. The fourth-order valence-corrected chi connectivity index (χ4v) is 7.09. The van der Waals surface area contributed by atoms with Crippen molar-refractivity contribution in [3.63, 3.8) is 0 Å². The number of aromatic nitrogens is 5. The molecule has 2 fully saturated rings. The van der Waals surface area contributed by atoms with E-state index in [0.717, 1.165) is 6.33 Å². The van der Waals surface area contributed by atoms with Crippen molar-refractivity contribution in [1.29, 1.82) is 0 Å². The van der Waals surface area contributed by atoms with Gasteiger partial charge in [0.25, 0.3) is 6.23 Å². The molecule has 2 aliphatic heterocycles. The number of anilines is 1. The maximum atomic E-state index is 12.6. The highest BCUT2D eigenvalue weighted by molar-refractivity contribution is 7.61. The van der Waals surface area contributed by atoms with E-state index in [9.17, 15) is 44.1 Å². The van der Waals surface area contributed by atoms with Crippen molar-refractivity contribution in [3.05, 3.63) is 42.7 Å². The van der Waals surface area contributed by atoms with Crippen molar-refractivity contribution in [2.75, 3.05) is 38.5 Å². The van der Waals surface area contributed by atoms with Crippen LogP contribution in [0.5, 0.6) is 0 Å². The van der Waals surface area contributed by atoms with E-state index in [1.165, 1.54) is 46.9 Å². The summed E-state index contributed by atoms with van der Waals surface area (Å²) in [4.78, 5) is 54.1. The lowest BCUT2D eigenvalue weighted by Crippen LogP contribution is -2.46. The number of hydrogen-bond donors (Lipinski definition) is 8. The molecule has 0 radical (unpaired) electrons. The molecule has 3 aromatic rings. The second kappa shape index (κ2) is 16.8. The molecule has 3 aromatic heterocycles. The number of carbonyl (C=O) groups is 1. The number of phosphoric acid groups is 2. The normalized spacial score (nSPS) is 28.9. The average Bonchev–Trinajstić information content (AvgIpc) is 3.72. The number of Topliss-reactive ketones (excluding diaryl/α,β-unsaturated/α-hetero) is 1. The first-order chi connectivity index (χ1) is 24.2. The maximum Gasteiger partial charge on any atom is 0.483 e. The molecular weight excluding hydrogens is 732 g/mol. The third-order valence-corrected chi connectivity index (χ3v) is 9.98. The largest absolute Gasteiger partial charge is 0.483 e. The van der Waals surface area contributed by atoms with Crippen LogP contribution < -0.4 is 15.9 Å². The topological polar surface area (TPSA) is 332 Å². The van der Waals surface area contributed by atoms with Gasteiger partial charge in [-0.05, 0) is 13.0 Å². The number of fused-ring (bicyclic) bond motifs is 1.